The molecular formula is C20H22FN3O4. The lowest BCUT2D eigenvalue weighted by atomic mass is 10.2. The second-order valence-electron chi connectivity index (χ2n) is 6.22. The summed E-state index contributed by atoms with van der Waals surface area (Å²) in [6.45, 7) is 4.43. The highest BCUT2D eigenvalue weighted by Crippen LogP contribution is 2.14. The quantitative estimate of drug-likeness (QED) is 0.663. The van der Waals surface area contributed by atoms with Crippen molar-refractivity contribution in [1.29, 1.82) is 0 Å². The average molecular weight is 387 g/mol. The predicted molar refractivity (Wildman–Crippen MR) is 103 cm³/mol. The zero-order valence-corrected chi connectivity index (χ0v) is 15.8. The van der Waals surface area contributed by atoms with E-state index in [0.717, 1.165) is 0 Å². The minimum Gasteiger partial charge on any atom is -0.451 e. The summed E-state index contributed by atoms with van der Waals surface area (Å²) >= 11 is 0. The Kier molecular flexibility index (Phi) is 7.08. The first kappa shape index (κ1) is 20.9. The van der Waals surface area contributed by atoms with Crippen LogP contribution in [0.1, 0.15) is 19.4 Å². The van der Waals surface area contributed by atoms with Gasteiger partial charge < -0.3 is 20.7 Å². The van der Waals surface area contributed by atoms with E-state index in [-0.39, 0.29) is 5.69 Å². The number of benzene rings is 2. The van der Waals surface area contributed by atoms with E-state index in [2.05, 4.69) is 16.0 Å². The van der Waals surface area contributed by atoms with E-state index in [4.69, 9.17) is 4.74 Å². The van der Waals surface area contributed by atoms with E-state index in [1.807, 2.05) is 0 Å². The Morgan fingerprint density at radius 1 is 0.964 bits per heavy atom. The van der Waals surface area contributed by atoms with Crippen molar-refractivity contribution < 1.29 is 23.5 Å². The Balaban J connectivity index is 1.83. The second kappa shape index (κ2) is 9.50. The van der Waals surface area contributed by atoms with Gasteiger partial charge in [-0.3, -0.25) is 4.79 Å². The van der Waals surface area contributed by atoms with Crippen LogP contribution in [0.3, 0.4) is 0 Å². The van der Waals surface area contributed by atoms with Gasteiger partial charge in [0.05, 0.1) is 0 Å². The Bertz CT molecular complexity index is 858. The number of carbonyl (C=O) groups is 3. The summed E-state index contributed by atoms with van der Waals surface area (Å²) in [4.78, 5) is 36.1. The summed E-state index contributed by atoms with van der Waals surface area (Å²) in [6.07, 6.45) is -1.13. The molecule has 3 amide bonds. The third-order valence-corrected chi connectivity index (χ3v) is 3.83. The van der Waals surface area contributed by atoms with Crippen molar-refractivity contribution in [2.24, 2.45) is 0 Å². The van der Waals surface area contributed by atoms with Crippen LogP contribution in [0.25, 0.3) is 0 Å². The molecule has 0 bridgehead atoms. The molecule has 0 radical (unpaired) electrons. The maximum Gasteiger partial charge on any atom is 0.329 e. The summed E-state index contributed by atoms with van der Waals surface area (Å²) in [6, 6.07) is 11.4. The fourth-order valence-electron chi connectivity index (χ4n) is 2.19. The molecule has 0 fully saturated rings. The van der Waals surface area contributed by atoms with Gasteiger partial charge in [-0.1, -0.05) is 24.3 Å². The van der Waals surface area contributed by atoms with Crippen LogP contribution in [0, 0.1) is 12.7 Å². The highest BCUT2D eigenvalue weighted by molar-refractivity contribution is 5.96. The molecule has 8 heteroatoms. The molecule has 0 aliphatic heterocycles. The monoisotopic (exact) mass is 387 g/mol. The van der Waals surface area contributed by atoms with Gasteiger partial charge in [0.2, 0.25) is 0 Å². The van der Waals surface area contributed by atoms with Crippen molar-refractivity contribution in [2.75, 3.05) is 10.6 Å². The SMILES string of the molecule is Cc1ccc(NC(=O)[C@H](C)OC(=O)[C@H](C)NC(=O)Nc2ccccc2)cc1F. The number of hydrogen-bond donors (Lipinski definition) is 3. The summed E-state index contributed by atoms with van der Waals surface area (Å²) < 4.78 is 18.6. The number of esters is 1. The molecule has 28 heavy (non-hydrogen) atoms. The number of ether oxygens (including phenoxy) is 1. The van der Waals surface area contributed by atoms with Crippen molar-refractivity contribution in [3.8, 4) is 0 Å². The van der Waals surface area contributed by atoms with Crippen LogP contribution in [-0.2, 0) is 14.3 Å². The minimum absolute atomic E-state index is 0.254. The van der Waals surface area contributed by atoms with E-state index < -0.39 is 35.9 Å². The van der Waals surface area contributed by atoms with Crippen molar-refractivity contribution in [1.82, 2.24) is 5.32 Å². The standard InChI is InChI=1S/C20H22FN3O4/c1-12-9-10-16(11-17(12)21)23-18(25)14(3)28-19(26)13(2)22-20(27)24-15-7-5-4-6-8-15/h4-11,13-14H,1-3H3,(H,23,25)(H2,22,24,27)/t13-,14-/m0/s1. The lowest BCUT2D eigenvalue weighted by molar-refractivity contribution is -0.154. The minimum atomic E-state index is -1.13. The number of rotatable bonds is 6. The van der Waals surface area contributed by atoms with Crippen LogP contribution in [0.15, 0.2) is 48.5 Å². The molecule has 0 aliphatic rings. The predicted octanol–water partition coefficient (Wildman–Crippen LogP) is 3.21. The molecule has 3 N–H and O–H groups in total. The van der Waals surface area contributed by atoms with Gasteiger partial charge in [0, 0.05) is 11.4 Å². The molecule has 0 spiro atoms. The van der Waals surface area contributed by atoms with Gasteiger partial charge >= 0.3 is 12.0 Å². The number of para-hydroxylation sites is 1. The molecule has 148 valence electrons. The summed E-state index contributed by atoms with van der Waals surface area (Å²) in [5, 5.41) is 7.48. The maximum atomic E-state index is 13.5. The van der Waals surface area contributed by atoms with Crippen LogP contribution in [0.5, 0.6) is 0 Å². The number of hydrogen-bond acceptors (Lipinski definition) is 4. The van der Waals surface area contributed by atoms with Crippen molar-refractivity contribution >= 4 is 29.3 Å². The van der Waals surface area contributed by atoms with Crippen LogP contribution in [0.4, 0.5) is 20.6 Å². The Hall–Kier alpha value is -3.42. The van der Waals surface area contributed by atoms with Crippen LogP contribution in [0.2, 0.25) is 0 Å². The molecule has 2 aromatic rings. The van der Waals surface area contributed by atoms with E-state index in [1.165, 1.54) is 26.0 Å². The molecule has 2 rings (SSSR count). The average Bonchev–Trinajstić information content (AvgIpc) is 2.65. The number of carbonyl (C=O) groups excluding carboxylic acids is 3. The lowest BCUT2D eigenvalue weighted by Crippen LogP contribution is -2.44. The van der Waals surface area contributed by atoms with Gasteiger partial charge in [-0.25, -0.2) is 14.0 Å². The van der Waals surface area contributed by atoms with Crippen LogP contribution >= 0.6 is 0 Å². The molecule has 2 aromatic carbocycles. The topological polar surface area (TPSA) is 96.5 Å². The maximum absolute atomic E-state index is 13.5. The van der Waals surface area contributed by atoms with Crippen molar-refractivity contribution in [3.05, 3.63) is 59.9 Å². The first-order valence-electron chi connectivity index (χ1n) is 8.66. The van der Waals surface area contributed by atoms with E-state index in [1.54, 1.807) is 43.3 Å². The van der Waals surface area contributed by atoms with E-state index in [9.17, 15) is 18.8 Å². The first-order valence-corrected chi connectivity index (χ1v) is 8.66. The van der Waals surface area contributed by atoms with Gasteiger partial charge in [-0.2, -0.15) is 0 Å². The first-order chi connectivity index (χ1) is 13.3. The molecule has 0 aliphatic carbocycles. The zero-order chi connectivity index (χ0) is 20.7. The van der Waals surface area contributed by atoms with Gasteiger partial charge in [0.15, 0.2) is 6.10 Å². The number of anilines is 2. The summed E-state index contributed by atoms with van der Waals surface area (Å²) in [5.74, 6) is -1.84. The third kappa shape index (κ3) is 6.08. The highest BCUT2D eigenvalue weighted by Gasteiger charge is 2.23. The van der Waals surface area contributed by atoms with Crippen molar-refractivity contribution in [3.63, 3.8) is 0 Å². The number of nitrogens with one attached hydrogen (secondary N) is 3. The number of amides is 3. The molecule has 2 atom stereocenters. The molecular weight excluding hydrogens is 365 g/mol. The Morgan fingerprint density at radius 2 is 1.64 bits per heavy atom. The highest BCUT2D eigenvalue weighted by atomic mass is 19.1. The van der Waals surface area contributed by atoms with Gasteiger partial charge in [0.25, 0.3) is 5.91 Å². The number of urea groups is 1. The largest absolute Gasteiger partial charge is 0.451 e. The molecule has 7 nitrogen and oxygen atoms in total. The zero-order valence-electron chi connectivity index (χ0n) is 15.8. The Morgan fingerprint density at radius 3 is 2.29 bits per heavy atom. The number of halogens is 1. The normalized spacial score (nSPS) is 12.4. The van der Waals surface area contributed by atoms with Crippen molar-refractivity contribution in [2.45, 2.75) is 32.9 Å². The fourth-order valence-corrected chi connectivity index (χ4v) is 2.19. The van der Waals surface area contributed by atoms with Gasteiger partial charge in [0.1, 0.15) is 11.9 Å². The second-order valence-corrected chi connectivity index (χ2v) is 6.22. The third-order valence-electron chi connectivity index (χ3n) is 3.83. The van der Waals surface area contributed by atoms with Gasteiger partial charge in [-0.15, -0.1) is 0 Å². The van der Waals surface area contributed by atoms with E-state index >= 15 is 0 Å². The van der Waals surface area contributed by atoms with Crippen LogP contribution in [-0.4, -0.2) is 30.1 Å². The molecule has 0 heterocycles. The number of aryl methyl sites for hydroxylation is 1. The lowest BCUT2D eigenvalue weighted by Gasteiger charge is -2.18. The van der Waals surface area contributed by atoms with Crippen LogP contribution < -0.4 is 16.0 Å². The molecule has 0 aromatic heterocycles. The Labute approximate surface area is 162 Å². The molecule has 0 saturated heterocycles. The van der Waals surface area contributed by atoms with Gasteiger partial charge in [-0.05, 0) is 50.6 Å². The molecule has 0 unspecified atom stereocenters. The summed E-state index contributed by atoms with van der Waals surface area (Å²) in [7, 11) is 0. The smallest absolute Gasteiger partial charge is 0.329 e. The summed E-state index contributed by atoms with van der Waals surface area (Å²) in [5.41, 5.74) is 1.27. The fraction of sp³-hybridized carbons (Fsp3) is 0.250. The van der Waals surface area contributed by atoms with E-state index in [0.29, 0.717) is 11.3 Å². The molecule has 0 saturated carbocycles.